The first-order chi connectivity index (χ1) is 9.04. The first-order valence-electron chi connectivity index (χ1n) is 5.57. The topological polar surface area (TPSA) is 67.3 Å². The van der Waals surface area contributed by atoms with Crippen LogP contribution >= 0.6 is 23.2 Å². The van der Waals surface area contributed by atoms with Crippen LogP contribution in [-0.4, -0.2) is 25.1 Å². The third kappa shape index (κ3) is 2.15. The van der Waals surface area contributed by atoms with Crippen molar-refractivity contribution >= 4 is 34.4 Å². The van der Waals surface area contributed by atoms with Crippen molar-refractivity contribution in [3.63, 3.8) is 0 Å². The number of fused-ring (bicyclic) bond motifs is 1. The molecule has 0 bridgehead atoms. The molecule has 3 aromatic rings. The molecule has 96 valence electrons. The highest BCUT2D eigenvalue weighted by atomic mass is 35.5. The minimum absolute atomic E-state index is 0.243. The van der Waals surface area contributed by atoms with Gasteiger partial charge >= 0.3 is 0 Å². The zero-order valence-corrected chi connectivity index (χ0v) is 11.7. The molecule has 0 radical (unpaired) electrons. The Morgan fingerprint density at radius 3 is 2.63 bits per heavy atom. The molecule has 0 aromatic carbocycles. The summed E-state index contributed by atoms with van der Waals surface area (Å²) in [5.74, 6) is 0.677. The second kappa shape index (κ2) is 4.43. The summed E-state index contributed by atoms with van der Waals surface area (Å²) in [6.45, 7) is 3.76. The van der Waals surface area contributed by atoms with E-state index in [4.69, 9.17) is 23.2 Å². The number of aryl methyl sites for hydroxylation is 2. The smallest absolute Gasteiger partial charge is 0.179 e. The molecule has 7 heteroatoms. The van der Waals surface area contributed by atoms with Crippen LogP contribution in [0.1, 0.15) is 11.4 Å². The van der Waals surface area contributed by atoms with Crippen molar-refractivity contribution in [3.05, 3.63) is 33.7 Å². The number of rotatable bonds is 1. The van der Waals surface area contributed by atoms with Gasteiger partial charge in [0.25, 0.3) is 0 Å². The number of hydrogen-bond donors (Lipinski definition) is 1. The van der Waals surface area contributed by atoms with Crippen LogP contribution in [-0.2, 0) is 0 Å². The van der Waals surface area contributed by atoms with Crippen LogP contribution in [0, 0.1) is 13.8 Å². The average molecular weight is 294 g/mol. The Bertz CT molecular complexity index is 742. The molecule has 5 nitrogen and oxygen atoms in total. The van der Waals surface area contributed by atoms with Crippen molar-refractivity contribution in [2.24, 2.45) is 0 Å². The standard InChI is InChI=1S/C12H9Cl2N5/c1-5-3-7(6(2)19-18-5)11-15-9-4-8(13)10(14)16-12(9)17-11/h3-4H,1-2H3,(H,15,16,17). The summed E-state index contributed by atoms with van der Waals surface area (Å²) >= 11 is 11.8. The molecule has 0 aliphatic rings. The number of nitrogens with zero attached hydrogens (tertiary/aromatic N) is 4. The van der Waals surface area contributed by atoms with Crippen LogP contribution in [0.4, 0.5) is 0 Å². The predicted octanol–water partition coefficient (Wildman–Crippen LogP) is 3.34. The molecule has 0 spiro atoms. The number of nitrogens with one attached hydrogen (secondary N) is 1. The van der Waals surface area contributed by atoms with Gasteiger partial charge in [0.05, 0.1) is 21.9 Å². The summed E-state index contributed by atoms with van der Waals surface area (Å²) in [7, 11) is 0. The molecule has 0 saturated heterocycles. The molecule has 0 fully saturated rings. The Morgan fingerprint density at radius 1 is 1.05 bits per heavy atom. The van der Waals surface area contributed by atoms with Crippen LogP contribution in [0.2, 0.25) is 10.2 Å². The number of pyridine rings is 1. The number of H-pyrrole nitrogens is 1. The van der Waals surface area contributed by atoms with Crippen molar-refractivity contribution in [2.75, 3.05) is 0 Å². The molecule has 0 amide bonds. The van der Waals surface area contributed by atoms with Gasteiger partial charge < -0.3 is 4.98 Å². The number of halogens is 2. The fraction of sp³-hybridized carbons (Fsp3) is 0.167. The highest BCUT2D eigenvalue weighted by Gasteiger charge is 2.12. The lowest BCUT2D eigenvalue weighted by molar-refractivity contribution is 0.940. The van der Waals surface area contributed by atoms with E-state index in [1.54, 1.807) is 6.07 Å². The van der Waals surface area contributed by atoms with E-state index in [9.17, 15) is 0 Å². The maximum absolute atomic E-state index is 5.93. The normalized spacial score (nSPS) is 11.2. The Balaban J connectivity index is 2.23. The summed E-state index contributed by atoms with van der Waals surface area (Å²) < 4.78 is 0. The van der Waals surface area contributed by atoms with Crippen molar-refractivity contribution in [2.45, 2.75) is 13.8 Å². The van der Waals surface area contributed by atoms with Crippen molar-refractivity contribution in [1.82, 2.24) is 25.1 Å². The first kappa shape index (κ1) is 12.3. The monoisotopic (exact) mass is 293 g/mol. The fourth-order valence-corrected chi connectivity index (χ4v) is 2.10. The van der Waals surface area contributed by atoms with Gasteiger partial charge in [-0.1, -0.05) is 23.2 Å². The van der Waals surface area contributed by atoms with Gasteiger partial charge in [-0.3, -0.25) is 0 Å². The van der Waals surface area contributed by atoms with Crippen LogP contribution < -0.4 is 0 Å². The maximum atomic E-state index is 5.93. The van der Waals surface area contributed by atoms with E-state index in [0.29, 0.717) is 16.5 Å². The lowest BCUT2D eigenvalue weighted by Crippen LogP contribution is -1.94. The largest absolute Gasteiger partial charge is 0.336 e. The van der Waals surface area contributed by atoms with E-state index in [1.807, 2.05) is 19.9 Å². The molecular formula is C12H9Cl2N5. The molecule has 3 aromatic heterocycles. The summed E-state index contributed by atoms with van der Waals surface area (Å²) in [5.41, 5.74) is 3.77. The molecule has 3 heterocycles. The summed E-state index contributed by atoms with van der Waals surface area (Å²) in [5, 5.41) is 8.71. The molecule has 0 saturated carbocycles. The van der Waals surface area contributed by atoms with E-state index < -0.39 is 0 Å². The molecule has 3 rings (SSSR count). The van der Waals surface area contributed by atoms with Crippen molar-refractivity contribution in [1.29, 1.82) is 0 Å². The lowest BCUT2D eigenvalue weighted by Gasteiger charge is -2.00. The van der Waals surface area contributed by atoms with Crippen molar-refractivity contribution in [3.8, 4) is 11.4 Å². The van der Waals surface area contributed by atoms with Crippen LogP contribution in [0.15, 0.2) is 12.1 Å². The summed E-state index contributed by atoms with van der Waals surface area (Å²) in [6.07, 6.45) is 0. The van der Waals surface area contributed by atoms with Crippen LogP contribution in [0.25, 0.3) is 22.6 Å². The second-order valence-electron chi connectivity index (χ2n) is 4.20. The Hall–Kier alpha value is -1.72. The van der Waals surface area contributed by atoms with Crippen LogP contribution in [0.5, 0.6) is 0 Å². The predicted molar refractivity (Wildman–Crippen MR) is 74.4 cm³/mol. The Kier molecular flexibility index (Phi) is 2.88. The molecule has 0 aliphatic heterocycles. The molecule has 0 aliphatic carbocycles. The van der Waals surface area contributed by atoms with Crippen LogP contribution in [0.3, 0.4) is 0 Å². The quantitative estimate of drug-likeness (QED) is 0.699. The van der Waals surface area contributed by atoms with Gasteiger partial charge in [0.1, 0.15) is 11.0 Å². The van der Waals surface area contributed by atoms with Gasteiger partial charge in [0.2, 0.25) is 0 Å². The summed E-state index contributed by atoms with van der Waals surface area (Å²) in [6, 6.07) is 3.63. The van der Waals surface area contributed by atoms with Gasteiger partial charge in [-0.2, -0.15) is 10.2 Å². The Morgan fingerprint density at radius 2 is 1.84 bits per heavy atom. The van der Waals surface area contributed by atoms with E-state index >= 15 is 0 Å². The third-order valence-corrected chi connectivity index (χ3v) is 3.41. The van der Waals surface area contributed by atoms with Gasteiger partial charge in [-0.05, 0) is 26.0 Å². The molecule has 0 atom stereocenters. The van der Waals surface area contributed by atoms with Crippen molar-refractivity contribution < 1.29 is 0 Å². The highest BCUT2D eigenvalue weighted by molar-refractivity contribution is 6.41. The Labute approximate surface area is 119 Å². The molecule has 1 N–H and O–H groups in total. The number of aromatic amines is 1. The SMILES string of the molecule is Cc1cc(-c2nc3nc(Cl)c(Cl)cc3[nH]2)c(C)nn1. The summed E-state index contributed by atoms with van der Waals surface area (Å²) in [4.78, 5) is 11.7. The average Bonchev–Trinajstić information content (AvgIpc) is 2.75. The zero-order valence-electron chi connectivity index (χ0n) is 10.2. The second-order valence-corrected chi connectivity index (χ2v) is 4.97. The van der Waals surface area contributed by atoms with Gasteiger partial charge in [-0.25, -0.2) is 9.97 Å². The lowest BCUT2D eigenvalue weighted by atomic mass is 10.2. The number of hydrogen-bond acceptors (Lipinski definition) is 4. The minimum Gasteiger partial charge on any atom is -0.336 e. The van der Waals surface area contributed by atoms with E-state index in [-0.39, 0.29) is 5.15 Å². The van der Waals surface area contributed by atoms with E-state index in [0.717, 1.165) is 22.5 Å². The minimum atomic E-state index is 0.243. The fourth-order valence-electron chi connectivity index (χ4n) is 1.81. The highest BCUT2D eigenvalue weighted by Crippen LogP contribution is 2.26. The van der Waals surface area contributed by atoms with Gasteiger partial charge in [0, 0.05) is 5.56 Å². The van der Waals surface area contributed by atoms with E-state index in [2.05, 4.69) is 25.1 Å². The molecule has 0 unspecified atom stereocenters. The maximum Gasteiger partial charge on any atom is 0.179 e. The number of imidazole rings is 1. The van der Waals surface area contributed by atoms with E-state index in [1.165, 1.54) is 0 Å². The molecule has 19 heavy (non-hydrogen) atoms. The van der Waals surface area contributed by atoms with Gasteiger partial charge in [-0.15, -0.1) is 0 Å². The molecular weight excluding hydrogens is 285 g/mol. The number of aromatic nitrogens is 5. The zero-order chi connectivity index (χ0) is 13.6. The first-order valence-corrected chi connectivity index (χ1v) is 6.33. The van der Waals surface area contributed by atoms with Gasteiger partial charge in [0.15, 0.2) is 5.65 Å². The third-order valence-electron chi connectivity index (χ3n) is 2.74.